The zero-order valence-electron chi connectivity index (χ0n) is 19.2. The van der Waals surface area contributed by atoms with E-state index in [2.05, 4.69) is 15.6 Å². The molecule has 1 aromatic heterocycles. The van der Waals surface area contributed by atoms with Crippen LogP contribution in [0.15, 0.2) is 48.4 Å². The van der Waals surface area contributed by atoms with Crippen LogP contribution < -0.4 is 10.6 Å². The Morgan fingerprint density at radius 2 is 1.94 bits per heavy atom. The van der Waals surface area contributed by atoms with E-state index in [-0.39, 0.29) is 24.6 Å². The first kappa shape index (κ1) is 23.4. The first-order valence-electron chi connectivity index (χ1n) is 11.3. The highest BCUT2D eigenvalue weighted by atomic mass is 19.1. The summed E-state index contributed by atoms with van der Waals surface area (Å²) in [7, 11) is 0. The number of carbonyl (C=O) groups excluding carboxylic acids is 1. The van der Waals surface area contributed by atoms with Crippen molar-refractivity contribution in [1.29, 1.82) is 0 Å². The third-order valence-corrected chi connectivity index (χ3v) is 6.46. The van der Waals surface area contributed by atoms with Gasteiger partial charge in [-0.15, -0.1) is 0 Å². The van der Waals surface area contributed by atoms with Crippen LogP contribution in [0.5, 0.6) is 0 Å². The van der Waals surface area contributed by atoms with Crippen LogP contribution in [0.1, 0.15) is 25.0 Å². The maximum Gasteiger partial charge on any atom is 0.260 e. The van der Waals surface area contributed by atoms with Crippen molar-refractivity contribution < 1.29 is 34.0 Å². The monoisotopic (exact) mass is 483 g/mol. The summed E-state index contributed by atoms with van der Waals surface area (Å²) in [5.41, 5.74) is 2.11. The maximum atomic E-state index is 13.8. The topological polar surface area (TPSA) is 133 Å². The average molecular weight is 483 g/mol. The molecular formula is C25H26FN3O6. The van der Waals surface area contributed by atoms with Crippen LogP contribution in [0.2, 0.25) is 0 Å². The van der Waals surface area contributed by atoms with Gasteiger partial charge in [0.15, 0.2) is 0 Å². The number of allylic oxidation sites excluding steroid dienone is 1. The van der Waals surface area contributed by atoms with Crippen molar-refractivity contribution in [3.63, 3.8) is 0 Å². The summed E-state index contributed by atoms with van der Waals surface area (Å²) in [6.07, 6.45) is -0.332. The molecule has 10 heteroatoms. The van der Waals surface area contributed by atoms with E-state index in [0.29, 0.717) is 22.8 Å². The predicted molar refractivity (Wildman–Crippen MR) is 126 cm³/mol. The van der Waals surface area contributed by atoms with Gasteiger partial charge in [-0.2, -0.15) is 0 Å². The van der Waals surface area contributed by atoms with Crippen molar-refractivity contribution in [1.82, 2.24) is 4.98 Å². The van der Waals surface area contributed by atoms with Crippen LogP contribution in [0, 0.1) is 5.82 Å². The molecule has 184 valence electrons. The van der Waals surface area contributed by atoms with Crippen LogP contribution in [-0.4, -0.2) is 69.4 Å². The molecule has 3 aliphatic rings. The number of hydrogen-bond acceptors (Lipinski definition) is 8. The highest BCUT2D eigenvalue weighted by molar-refractivity contribution is 6.32. The van der Waals surface area contributed by atoms with Crippen molar-refractivity contribution in [3.8, 4) is 0 Å². The summed E-state index contributed by atoms with van der Waals surface area (Å²) in [4.78, 5) is 17.0. The maximum absolute atomic E-state index is 13.8. The third kappa shape index (κ3) is 4.19. The minimum atomic E-state index is -1.15. The number of rotatable bonds is 5. The lowest BCUT2D eigenvalue weighted by Gasteiger charge is -2.23. The van der Waals surface area contributed by atoms with E-state index in [1.165, 1.54) is 18.2 Å². The summed E-state index contributed by atoms with van der Waals surface area (Å²) in [5, 5.41) is 35.0. The fourth-order valence-electron chi connectivity index (χ4n) is 4.61. The number of ether oxygens (including phenoxy) is 2. The number of hydrogen-bond donors (Lipinski definition) is 5. The number of aliphatic hydroxyl groups excluding tert-OH is 3. The molecule has 0 saturated carbocycles. The number of nitrogens with one attached hydrogen (secondary N) is 2. The van der Waals surface area contributed by atoms with Crippen LogP contribution in [0.4, 0.5) is 15.9 Å². The smallest absolute Gasteiger partial charge is 0.260 e. The molecule has 2 aromatic rings. The van der Waals surface area contributed by atoms with Crippen LogP contribution in [0.3, 0.4) is 0 Å². The Kier molecular flexibility index (Phi) is 5.84. The quantitative estimate of drug-likeness (QED) is 0.406. The van der Waals surface area contributed by atoms with E-state index in [4.69, 9.17) is 9.47 Å². The number of amides is 1. The van der Waals surface area contributed by atoms with Crippen LogP contribution in [0.25, 0.3) is 11.1 Å². The fraction of sp³-hybridized carbons (Fsp3) is 0.360. The second kappa shape index (κ2) is 8.72. The van der Waals surface area contributed by atoms with Gasteiger partial charge in [0.2, 0.25) is 0 Å². The normalized spacial score (nSPS) is 29.0. The van der Waals surface area contributed by atoms with E-state index in [0.717, 1.165) is 11.1 Å². The molecule has 9 nitrogen and oxygen atoms in total. The summed E-state index contributed by atoms with van der Waals surface area (Å²) in [5.74, 6) is 0.0980. The second-order valence-electron chi connectivity index (χ2n) is 9.24. The molecule has 1 aromatic carbocycles. The van der Waals surface area contributed by atoms with Gasteiger partial charge in [-0.3, -0.25) is 4.79 Å². The first-order chi connectivity index (χ1) is 16.7. The molecule has 4 atom stereocenters. The Balaban J connectivity index is 1.36. The highest BCUT2D eigenvalue weighted by Gasteiger charge is 2.42. The number of pyridine rings is 1. The molecule has 1 fully saturated rings. The lowest BCUT2D eigenvalue weighted by molar-refractivity contribution is -0.111. The van der Waals surface area contributed by atoms with E-state index in [9.17, 15) is 24.5 Å². The number of aliphatic hydroxyl groups is 3. The predicted octanol–water partition coefficient (Wildman–Crippen LogP) is 1.67. The molecule has 0 radical (unpaired) electrons. The van der Waals surface area contributed by atoms with Gasteiger partial charge in [0.05, 0.1) is 12.2 Å². The van der Waals surface area contributed by atoms with Gasteiger partial charge in [-0.05, 0) is 50.3 Å². The molecule has 0 bridgehead atoms. The van der Waals surface area contributed by atoms with Gasteiger partial charge in [0, 0.05) is 35.1 Å². The molecule has 5 rings (SSSR count). The zero-order valence-corrected chi connectivity index (χ0v) is 19.2. The van der Waals surface area contributed by atoms with E-state index in [1.54, 1.807) is 18.3 Å². The van der Waals surface area contributed by atoms with Gasteiger partial charge >= 0.3 is 0 Å². The van der Waals surface area contributed by atoms with Crippen molar-refractivity contribution in [2.75, 3.05) is 23.8 Å². The number of carbonyl (C=O) groups is 1. The second-order valence-corrected chi connectivity index (χ2v) is 9.24. The fourth-order valence-corrected chi connectivity index (χ4v) is 4.61. The molecule has 35 heavy (non-hydrogen) atoms. The molecule has 0 unspecified atom stereocenters. The van der Waals surface area contributed by atoms with E-state index >= 15 is 0 Å². The van der Waals surface area contributed by atoms with Crippen molar-refractivity contribution in [2.24, 2.45) is 0 Å². The van der Waals surface area contributed by atoms with E-state index < -0.39 is 35.8 Å². The average Bonchev–Trinajstić information content (AvgIpc) is 3.42. The minimum Gasteiger partial charge on any atom is -0.482 e. The Hall–Kier alpha value is -3.31. The van der Waals surface area contributed by atoms with E-state index in [1.807, 2.05) is 19.9 Å². The highest BCUT2D eigenvalue weighted by Crippen LogP contribution is 2.44. The van der Waals surface area contributed by atoms with Crippen LogP contribution in [-0.2, 0) is 14.3 Å². The SMILES string of the molecule is CC1(C)O/C(=C2/C(=O)Nc3ccc(F)cc32)C=C1c1ccc(NC[C@H]2O[C@H](CO)[C@@H](O)[C@@H]2O)nc1. The molecule has 1 amide bonds. The molecule has 0 spiro atoms. The van der Waals surface area contributed by atoms with Gasteiger partial charge in [-0.25, -0.2) is 9.37 Å². The number of anilines is 2. The molecule has 0 aliphatic carbocycles. The van der Waals surface area contributed by atoms with Crippen molar-refractivity contribution >= 4 is 28.6 Å². The Morgan fingerprint density at radius 1 is 1.17 bits per heavy atom. The lowest BCUT2D eigenvalue weighted by Crippen LogP contribution is -2.36. The van der Waals surface area contributed by atoms with Crippen molar-refractivity contribution in [3.05, 3.63) is 65.3 Å². The number of fused-ring (bicyclic) bond motifs is 1. The Bertz CT molecular complexity index is 1230. The number of nitrogens with zero attached hydrogens (tertiary/aromatic N) is 1. The summed E-state index contributed by atoms with van der Waals surface area (Å²) in [6.45, 7) is 3.56. The molecule has 1 saturated heterocycles. The van der Waals surface area contributed by atoms with Crippen molar-refractivity contribution in [2.45, 2.75) is 43.9 Å². The summed E-state index contributed by atoms with van der Waals surface area (Å²) in [6, 6.07) is 7.73. The van der Waals surface area contributed by atoms with Gasteiger partial charge < -0.3 is 35.4 Å². The molecule has 3 aliphatic heterocycles. The summed E-state index contributed by atoms with van der Waals surface area (Å²) >= 11 is 0. The van der Waals surface area contributed by atoms with Crippen LogP contribution >= 0.6 is 0 Å². The van der Waals surface area contributed by atoms with Gasteiger partial charge in [0.1, 0.15) is 47.4 Å². The van der Waals surface area contributed by atoms with Gasteiger partial charge in [0.25, 0.3) is 5.91 Å². The standard InChI is InChI=1S/C25H26FN3O6/c1-25(2)15(8-17(35-25)21-14-7-13(26)4-5-16(14)29-24(21)33)12-3-6-20(27-9-12)28-10-18-22(31)23(32)19(11-30)34-18/h3-9,18-19,22-23,30-32H,10-11H2,1-2H3,(H,27,28)(H,29,33)/b21-17+/t18-,19-,22-,23-/m1/s1. The Morgan fingerprint density at radius 3 is 2.63 bits per heavy atom. The molecule has 4 heterocycles. The number of benzene rings is 1. The zero-order chi connectivity index (χ0) is 24.9. The number of halogens is 1. The summed E-state index contributed by atoms with van der Waals surface area (Å²) < 4.78 is 25.4. The Labute approximate surface area is 200 Å². The minimum absolute atomic E-state index is 0.194. The lowest BCUT2D eigenvalue weighted by atomic mass is 9.93. The molecular weight excluding hydrogens is 457 g/mol. The third-order valence-electron chi connectivity index (χ3n) is 6.46. The first-order valence-corrected chi connectivity index (χ1v) is 11.3. The number of aromatic nitrogens is 1. The largest absolute Gasteiger partial charge is 0.482 e. The van der Waals surface area contributed by atoms with Gasteiger partial charge in [-0.1, -0.05) is 0 Å². The molecule has 5 N–H and O–H groups in total.